The minimum absolute atomic E-state index is 0.110. The number of anilines is 1. The number of carbonyl (C=O) groups excluding carboxylic acids is 2. The third-order valence-corrected chi connectivity index (χ3v) is 4.55. The van der Waals surface area contributed by atoms with Gasteiger partial charge in [0.15, 0.2) is 0 Å². The van der Waals surface area contributed by atoms with Crippen LogP contribution in [-0.4, -0.2) is 27.6 Å². The number of hydrogen-bond donors (Lipinski definition) is 2. The van der Waals surface area contributed by atoms with Crippen molar-refractivity contribution in [2.45, 2.75) is 25.8 Å². The van der Waals surface area contributed by atoms with E-state index in [0.29, 0.717) is 22.9 Å². The van der Waals surface area contributed by atoms with Crippen molar-refractivity contribution in [1.29, 1.82) is 0 Å². The molecule has 1 fully saturated rings. The number of aromatic nitrogens is 2. The topological polar surface area (TPSA) is 76.0 Å². The van der Waals surface area contributed by atoms with E-state index in [1.807, 2.05) is 37.3 Å². The zero-order valence-electron chi connectivity index (χ0n) is 15.0. The molecule has 0 radical (unpaired) electrons. The van der Waals surface area contributed by atoms with Crippen molar-refractivity contribution in [3.8, 4) is 5.69 Å². The third kappa shape index (κ3) is 3.74. The van der Waals surface area contributed by atoms with Crippen molar-refractivity contribution >= 4 is 17.5 Å². The molecule has 4 rings (SSSR count). The van der Waals surface area contributed by atoms with Gasteiger partial charge in [0, 0.05) is 17.3 Å². The van der Waals surface area contributed by atoms with E-state index in [-0.39, 0.29) is 11.8 Å². The molecule has 0 bridgehead atoms. The Morgan fingerprint density at radius 1 is 1.04 bits per heavy atom. The Labute approximate surface area is 157 Å². The molecule has 6 heteroatoms. The maximum absolute atomic E-state index is 12.7. The highest BCUT2D eigenvalue weighted by Crippen LogP contribution is 2.20. The second-order valence-corrected chi connectivity index (χ2v) is 6.67. The molecule has 1 aliphatic carbocycles. The fraction of sp³-hybridized carbons (Fsp3) is 0.190. The van der Waals surface area contributed by atoms with E-state index >= 15 is 0 Å². The number of rotatable bonds is 5. The van der Waals surface area contributed by atoms with E-state index < -0.39 is 0 Å². The number of benzene rings is 2. The van der Waals surface area contributed by atoms with Crippen LogP contribution in [0, 0.1) is 6.92 Å². The average molecular weight is 360 g/mol. The van der Waals surface area contributed by atoms with Crippen LogP contribution in [0.2, 0.25) is 0 Å². The van der Waals surface area contributed by atoms with Gasteiger partial charge in [-0.1, -0.05) is 24.3 Å². The van der Waals surface area contributed by atoms with Gasteiger partial charge in [-0.2, -0.15) is 5.10 Å². The maximum Gasteiger partial charge on any atom is 0.259 e. The van der Waals surface area contributed by atoms with Gasteiger partial charge in [0.2, 0.25) is 0 Å². The second kappa shape index (κ2) is 7.07. The van der Waals surface area contributed by atoms with E-state index in [0.717, 1.165) is 24.2 Å². The number of nitrogens with zero attached hydrogens (tertiary/aromatic N) is 2. The summed E-state index contributed by atoms with van der Waals surface area (Å²) >= 11 is 0. The first kappa shape index (κ1) is 17.0. The third-order valence-electron chi connectivity index (χ3n) is 4.55. The van der Waals surface area contributed by atoms with Crippen molar-refractivity contribution in [3.05, 3.63) is 77.6 Å². The second-order valence-electron chi connectivity index (χ2n) is 6.67. The molecule has 27 heavy (non-hydrogen) atoms. The standard InChI is InChI=1S/C21H20N4O2/c1-14-19(13-22-25(14)18-8-3-2-4-9-18)21(27)24-17-7-5-6-15(12-17)20(26)23-16-10-11-16/h2-9,12-13,16H,10-11H2,1H3,(H,23,26)(H,24,27). The highest BCUT2D eigenvalue weighted by molar-refractivity contribution is 6.05. The van der Waals surface area contributed by atoms with E-state index in [2.05, 4.69) is 15.7 Å². The van der Waals surface area contributed by atoms with Crippen LogP contribution >= 0.6 is 0 Å². The summed E-state index contributed by atoms with van der Waals surface area (Å²) in [7, 11) is 0. The van der Waals surface area contributed by atoms with Crippen molar-refractivity contribution in [2.24, 2.45) is 0 Å². The summed E-state index contributed by atoms with van der Waals surface area (Å²) in [5.74, 6) is -0.365. The zero-order chi connectivity index (χ0) is 18.8. The Balaban J connectivity index is 1.51. The highest BCUT2D eigenvalue weighted by Gasteiger charge is 2.24. The Morgan fingerprint density at radius 2 is 1.81 bits per heavy atom. The minimum atomic E-state index is -0.255. The smallest absolute Gasteiger partial charge is 0.259 e. The van der Waals surface area contributed by atoms with Crippen molar-refractivity contribution in [3.63, 3.8) is 0 Å². The van der Waals surface area contributed by atoms with Gasteiger partial charge in [-0.15, -0.1) is 0 Å². The summed E-state index contributed by atoms with van der Waals surface area (Å²) in [5, 5.41) is 10.1. The van der Waals surface area contributed by atoms with Crippen LogP contribution < -0.4 is 10.6 Å². The molecular weight excluding hydrogens is 340 g/mol. The summed E-state index contributed by atoms with van der Waals surface area (Å²) in [5.41, 5.74) is 3.26. The maximum atomic E-state index is 12.7. The highest BCUT2D eigenvalue weighted by atomic mass is 16.2. The lowest BCUT2D eigenvalue weighted by Crippen LogP contribution is -2.25. The monoisotopic (exact) mass is 360 g/mol. The summed E-state index contributed by atoms with van der Waals surface area (Å²) in [4.78, 5) is 24.9. The number of hydrogen-bond acceptors (Lipinski definition) is 3. The Bertz CT molecular complexity index is 990. The molecule has 3 aromatic rings. The normalized spacial score (nSPS) is 13.2. The zero-order valence-corrected chi connectivity index (χ0v) is 15.0. The number of amides is 2. The number of carbonyl (C=O) groups is 2. The molecule has 6 nitrogen and oxygen atoms in total. The van der Waals surface area contributed by atoms with Gasteiger partial charge < -0.3 is 10.6 Å². The molecule has 0 atom stereocenters. The van der Waals surface area contributed by atoms with E-state index in [4.69, 9.17) is 0 Å². The van der Waals surface area contributed by atoms with Gasteiger partial charge in [0.05, 0.1) is 23.1 Å². The van der Waals surface area contributed by atoms with Gasteiger partial charge in [-0.05, 0) is 50.1 Å². The molecule has 0 aliphatic heterocycles. The van der Waals surface area contributed by atoms with E-state index in [9.17, 15) is 9.59 Å². The molecule has 0 spiro atoms. The SMILES string of the molecule is Cc1c(C(=O)Nc2cccc(C(=O)NC3CC3)c2)cnn1-c1ccccc1. The Morgan fingerprint density at radius 3 is 2.56 bits per heavy atom. The van der Waals surface area contributed by atoms with E-state index in [1.165, 1.54) is 0 Å². The van der Waals surface area contributed by atoms with Gasteiger partial charge in [0.25, 0.3) is 11.8 Å². The summed E-state index contributed by atoms with van der Waals surface area (Å²) < 4.78 is 1.73. The fourth-order valence-electron chi connectivity index (χ4n) is 2.90. The van der Waals surface area contributed by atoms with Gasteiger partial charge in [0.1, 0.15) is 0 Å². The van der Waals surface area contributed by atoms with E-state index in [1.54, 1.807) is 35.1 Å². The van der Waals surface area contributed by atoms with Crippen LogP contribution in [0.15, 0.2) is 60.8 Å². The van der Waals surface area contributed by atoms with Gasteiger partial charge in [-0.3, -0.25) is 9.59 Å². The van der Waals surface area contributed by atoms with Crippen molar-refractivity contribution in [1.82, 2.24) is 15.1 Å². The molecule has 1 saturated carbocycles. The summed E-state index contributed by atoms with van der Waals surface area (Å²) in [6, 6.07) is 16.9. The molecule has 2 N–H and O–H groups in total. The lowest BCUT2D eigenvalue weighted by atomic mass is 10.1. The average Bonchev–Trinajstić information content (AvgIpc) is 3.41. The lowest BCUT2D eigenvalue weighted by molar-refractivity contribution is 0.0949. The quantitative estimate of drug-likeness (QED) is 0.733. The number of nitrogens with one attached hydrogen (secondary N) is 2. The molecular formula is C21H20N4O2. The van der Waals surface area contributed by atoms with Crippen LogP contribution in [0.1, 0.15) is 39.3 Å². The predicted molar refractivity (Wildman–Crippen MR) is 103 cm³/mol. The molecule has 136 valence electrons. The Hall–Kier alpha value is -3.41. The largest absolute Gasteiger partial charge is 0.349 e. The summed E-state index contributed by atoms with van der Waals surface area (Å²) in [6.45, 7) is 1.86. The van der Waals surface area contributed by atoms with Gasteiger partial charge in [-0.25, -0.2) is 4.68 Å². The van der Waals surface area contributed by atoms with Crippen LogP contribution in [0.4, 0.5) is 5.69 Å². The molecule has 2 aromatic carbocycles. The van der Waals surface area contributed by atoms with Crippen LogP contribution in [-0.2, 0) is 0 Å². The first-order valence-electron chi connectivity index (χ1n) is 8.94. The molecule has 2 amide bonds. The van der Waals surface area contributed by atoms with Crippen LogP contribution in [0.5, 0.6) is 0 Å². The Kier molecular flexibility index (Phi) is 4.46. The first-order chi connectivity index (χ1) is 13.1. The molecule has 1 heterocycles. The lowest BCUT2D eigenvalue weighted by Gasteiger charge is -2.08. The van der Waals surface area contributed by atoms with Crippen molar-refractivity contribution in [2.75, 3.05) is 5.32 Å². The van der Waals surface area contributed by atoms with Crippen LogP contribution in [0.3, 0.4) is 0 Å². The van der Waals surface area contributed by atoms with Crippen LogP contribution in [0.25, 0.3) is 5.69 Å². The minimum Gasteiger partial charge on any atom is -0.349 e. The fourth-order valence-corrected chi connectivity index (χ4v) is 2.90. The summed E-state index contributed by atoms with van der Waals surface area (Å²) in [6.07, 6.45) is 3.63. The molecule has 1 aromatic heterocycles. The molecule has 0 unspecified atom stereocenters. The van der Waals surface area contributed by atoms with Gasteiger partial charge >= 0.3 is 0 Å². The molecule has 1 aliphatic rings. The number of para-hydroxylation sites is 1. The van der Waals surface area contributed by atoms with Crippen molar-refractivity contribution < 1.29 is 9.59 Å². The first-order valence-corrected chi connectivity index (χ1v) is 8.94. The molecule has 0 saturated heterocycles. The predicted octanol–water partition coefficient (Wildman–Crippen LogP) is 3.33.